The molecule has 0 aliphatic carbocycles. The number of alkyl halides is 1. The van der Waals surface area contributed by atoms with Gasteiger partial charge in [-0.3, -0.25) is 14.9 Å². The van der Waals surface area contributed by atoms with Crippen molar-refractivity contribution in [2.24, 2.45) is 5.92 Å². The SMILES string of the molecule is CC1CNCCC1c1ccc([C@@]2(F)CCC(=O)NC2=O)cc1. The molecule has 2 unspecified atom stereocenters. The van der Waals surface area contributed by atoms with Crippen molar-refractivity contribution in [1.82, 2.24) is 10.6 Å². The fraction of sp³-hybridized carbons (Fsp3) is 0.529. The highest BCUT2D eigenvalue weighted by atomic mass is 19.1. The summed E-state index contributed by atoms with van der Waals surface area (Å²) < 4.78 is 14.9. The second-order valence-electron chi connectivity index (χ2n) is 6.38. The molecule has 118 valence electrons. The smallest absolute Gasteiger partial charge is 0.268 e. The minimum Gasteiger partial charge on any atom is -0.316 e. The predicted octanol–water partition coefficient (Wildman–Crippen LogP) is 2.00. The average Bonchev–Trinajstić information content (AvgIpc) is 2.52. The van der Waals surface area contributed by atoms with E-state index in [1.807, 2.05) is 12.1 Å². The minimum absolute atomic E-state index is 0.0370. The first-order valence-electron chi connectivity index (χ1n) is 7.85. The normalized spacial score (nSPS) is 32.6. The topological polar surface area (TPSA) is 58.2 Å². The van der Waals surface area contributed by atoms with Gasteiger partial charge in [0.15, 0.2) is 0 Å². The maximum absolute atomic E-state index is 14.9. The zero-order valence-corrected chi connectivity index (χ0v) is 12.7. The molecule has 2 amide bonds. The fourth-order valence-corrected chi connectivity index (χ4v) is 3.47. The third-order valence-corrected chi connectivity index (χ3v) is 4.89. The van der Waals surface area contributed by atoms with Crippen molar-refractivity contribution in [2.45, 2.75) is 37.8 Å². The van der Waals surface area contributed by atoms with Gasteiger partial charge in [0.05, 0.1) is 0 Å². The van der Waals surface area contributed by atoms with Crippen molar-refractivity contribution >= 4 is 11.8 Å². The van der Waals surface area contributed by atoms with Gasteiger partial charge in [-0.25, -0.2) is 4.39 Å². The van der Waals surface area contributed by atoms with E-state index in [9.17, 15) is 14.0 Å². The number of hydrogen-bond donors (Lipinski definition) is 2. The Morgan fingerprint density at radius 2 is 1.95 bits per heavy atom. The number of carbonyl (C=O) groups is 2. The summed E-state index contributed by atoms with van der Waals surface area (Å²) in [7, 11) is 0. The summed E-state index contributed by atoms with van der Waals surface area (Å²) in [5.74, 6) is -0.243. The molecule has 0 aromatic heterocycles. The molecule has 2 N–H and O–H groups in total. The molecule has 22 heavy (non-hydrogen) atoms. The van der Waals surface area contributed by atoms with E-state index in [0.29, 0.717) is 17.4 Å². The average molecular weight is 304 g/mol. The fourth-order valence-electron chi connectivity index (χ4n) is 3.47. The van der Waals surface area contributed by atoms with E-state index in [1.165, 1.54) is 5.56 Å². The number of hydrogen-bond acceptors (Lipinski definition) is 3. The molecule has 2 fully saturated rings. The lowest BCUT2D eigenvalue weighted by molar-refractivity contribution is -0.144. The van der Waals surface area contributed by atoms with Crippen molar-refractivity contribution in [3.8, 4) is 0 Å². The minimum atomic E-state index is -2.09. The molecule has 0 saturated carbocycles. The van der Waals surface area contributed by atoms with Gasteiger partial charge in [-0.15, -0.1) is 0 Å². The van der Waals surface area contributed by atoms with Crippen molar-refractivity contribution in [2.75, 3.05) is 13.1 Å². The second-order valence-corrected chi connectivity index (χ2v) is 6.38. The van der Waals surface area contributed by atoms with Crippen LogP contribution in [0.25, 0.3) is 0 Å². The molecule has 1 aromatic carbocycles. The summed E-state index contributed by atoms with van der Waals surface area (Å²) in [6.45, 7) is 4.19. The number of benzene rings is 1. The van der Waals surface area contributed by atoms with E-state index in [4.69, 9.17) is 0 Å². The van der Waals surface area contributed by atoms with Gasteiger partial charge in [-0.05, 0) is 42.5 Å². The van der Waals surface area contributed by atoms with E-state index in [0.717, 1.165) is 19.5 Å². The zero-order valence-electron chi connectivity index (χ0n) is 12.7. The molecular weight excluding hydrogens is 283 g/mol. The third-order valence-electron chi connectivity index (χ3n) is 4.89. The molecule has 2 aliphatic rings. The summed E-state index contributed by atoms with van der Waals surface area (Å²) in [5, 5.41) is 5.46. The Kier molecular flexibility index (Phi) is 4.00. The summed E-state index contributed by atoms with van der Waals surface area (Å²) in [6.07, 6.45) is 1.02. The standard InChI is InChI=1S/C17H21FN2O2/c1-11-10-19-9-7-14(11)12-2-4-13(5-3-12)17(18)8-6-15(21)20-16(17)22/h2-5,11,14,19H,6-10H2,1H3,(H,20,21,22)/t11?,14?,17-/m0/s1. The Morgan fingerprint density at radius 1 is 1.23 bits per heavy atom. The molecule has 3 atom stereocenters. The summed E-state index contributed by atoms with van der Waals surface area (Å²) >= 11 is 0. The van der Waals surface area contributed by atoms with Gasteiger partial charge in [0.2, 0.25) is 11.6 Å². The first-order chi connectivity index (χ1) is 10.5. The Hall–Kier alpha value is -1.75. The van der Waals surface area contributed by atoms with Crippen molar-refractivity contribution in [1.29, 1.82) is 0 Å². The Morgan fingerprint density at radius 3 is 2.59 bits per heavy atom. The first-order valence-corrected chi connectivity index (χ1v) is 7.85. The maximum Gasteiger partial charge on any atom is 0.268 e. The number of imide groups is 1. The molecule has 0 radical (unpaired) electrons. The van der Waals surface area contributed by atoms with Crippen molar-refractivity contribution < 1.29 is 14.0 Å². The van der Waals surface area contributed by atoms with E-state index < -0.39 is 17.5 Å². The Bertz CT molecular complexity index is 587. The van der Waals surface area contributed by atoms with Gasteiger partial charge in [0.1, 0.15) is 0 Å². The number of rotatable bonds is 2. The van der Waals surface area contributed by atoms with Gasteiger partial charge < -0.3 is 5.32 Å². The molecule has 4 nitrogen and oxygen atoms in total. The summed E-state index contributed by atoms with van der Waals surface area (Å²) in [5.41, 5.74) is -0.567. The van der Waals surface area contributed by atoms with Crippen LogP contribution in [-0.4, -0.2) is 24.9 Å². The van der Waals surface area contributed by atoms with Crippen LogP contribution < -0.4 is 10.6 Å². The zero-order chi connectivity index (χ0) is 15.7. The highest BCUT2D eigenvalue weighted by Crippen LogP contribution is 2.36. The lowest BCUT2D eigenvalue weighted by atomic mass is 9.80. The Balaban J connectivity index is 1.82. The van der Waals surface area contributed by atoms with Crippen LogP contribution in [0.2, 0.25) is 0 Å². The molecule has 3 rings (SSSR count). The van der Waals surface area contributed by atoms with Gasteiger partial charge in [-0.1, -0.05) is 31.2 Å². The van der Waals surface area contributed by atoms with Crippen LogP contribution in [0, 0.1) is 5.92 Å². The molecule has 0 bridgehead atoms. The number of amides is 2. The van der Waals surface area contributed by atoms with Crippen LogP contribution in [0.1, 0.15) is 43.2 Å². The van der Waals surface area contributed by atoms with Crippen LogP contribution in [0.3, 0.4) is 0 Å². The van der Waals surface area contributed by atoms with Crippen LogP contribution in [0.15, 0.2) is 24.3 Å². The molecule has 2 saturated heterocycles. The van der Waals surface area contributed by atoms with E-state index in [1.54, 1.807) is 12.1 Å². The van der Waals surface area contributed by atoms with E-state index >= 15 is 0 Å². The van der Waals surface area contributed by atoms with Gasteiger partial charge >= 0.3 is 0 Å². The largest absolute Gasteiger partial charge is 0.316 e. The van der Waals surface area contributed by atoms with Crippen molar-refractivity contribution in [3.05, 3.63) is 35.4 Å². The lowest BCUT2D eigenvalue weighted by Gasteiger charge is -2.31. The van der Waals surface area contributed by atoms with Gasteiger partial charge in [0.25, 0.3) is 5.91 Å². The number of nitrogens with one attached hydrogen (secondary N) is 2. The summed E-state index contributed by atoms with van der Waals surface area (Å²) in [6, 6.07) is 7.23. The highest BCUT2D eigenvalue weighted by Gasteiger charge is 2.44. The molecule has 2 heterocycles. The number of carbonyl (C=O) groups excluding carboxylic acids is 2. The first kappa shape index (κ1) is 15.2. The Labute approximate surface area is 129 Å². The monoisotopic (exact) mass is 304 g/mol. The molecular formula is C17H21FN2O2. The van der Waals surface area contributed by atoms with Gasteiger partial charge in [-0.2, -0.15) is 0 Å². The molecule has 0 spiro atoms. The predicted molar refractivity (Wildman–Crippen MR) is 81.0 cm³/mol. The van der Waals surface area contributed by atoms with Crippen LogP contribution in [0.4, 0.5) is 4.39 Å². The van der Waals surface area contributed by atoms with Crippen LogP contribution in [-0.2, 0) is 15.3 Å². The molecule has 1 aromatic rings. The number of halogens is 1. The van der Waals surface area contributed by atoms with Crippen LogP contribution >= 0.6 is 0 Å². The van der Waals surface area contributed by atoms with Gasteiger partial charge in [0, 0.05) is 12.8 Å². The quantitative estimate of drug-likeness (QED) is 0.822. The second kappa shape index (κ2) is 5.80. The van der Waals surface area contributed by atoms with E-state index in [2.05, 4.69) is 17.6 Å². The molecule has 2 aliphatic heterocycles. The van der Waals surface area contributed by atoms with Crippen molar-refractivity contribution in [3.63, 3.8) is 0 Å². The number of piperidine rings is 2. The third kappa shape index (κ3) is 2.65. The van der Waals surface area contributed by atoms with Crippen LogP contribution in [0.5, 0.6) is 0 Å². The lowest BCUT2D eigenvalue weighted by Crippen LogP contribution is -2.49. The maximum atomic E-state index is 14.9. The van der Waals surface area contributed by atoms with E-state index in [-0.39, 0.29) is 12.8 Å². The summed E-state index contributed by atoms with van der Waals surface area (Å²) in [4.78, 5) is 23.0. The highest BCUT2D eigenvalue weighted by molar-refractivity contribution is 6.02. The molecule has 5 heteroatoms.